The van der Waals surface area contributed by atoms with Crippen LogP contribution in [0.3, 0.4) is 0 Å². The summed E-state index contributed by atoms with van der Waals surface area (Å²) in [5.74, 6) is 1.98. The van der Waals surface area contributed by atoms with Gasteiger partial charge in [0.05, 0.1) is 11.5 Å². The van der Waals surface area contributed by atoms with Gasteiger partial charge in [-0.3, -0.25) is 9.59 Å². The van der Waals surface area contributed by atoms with Crippen molar-refractivity contribution in [2.75, 3.05) is 43.0 Å². The van der Waals surface area contributed by atoms with E-state index in [1.54, 1.807) is 0 Å². The predicted molar refractivity (Wildman–Crippen MR) is 110 cm³/mol. The molecular weight excluding hydrogens is 346 g/mol. The van der Waals surface area contributed by atoms with Gasteiger partial charge < -0.3 is 15.5 Å². The van der Waals surface area contributed by atoms with E-state index < -0.39 is 0 Å². The molecule has 1 saturated heterocycles. The molecule has 2 atom stereocenters. The zero-order valence-corrected chi connectivity index (χ0v) is 16.9. The minimum atomic E-state index is -0.0790. The molecular formula is C20H31N3O2S. The van der Waals surface area contributed by atoms with E-state index in [2.05, 4.69) is 29.4 Å². The quantitative estimate of drug-likeness (QED) is 0.731. The zero-order valence-electron chi connectivity index (χ0n) is 16.1. The Morgan fingerprint density at radius 3 is 2.54 bits per heavy atom. The van der Waals surface area contributed by atoms with E-state index in [0.29, 0.717) is 12.3 Å². The summed E-state index contributed by atoms with van der Waals surface area (Å²) in [4.78, 5) is 26.3. The highest BCUT2D eigenvalue weighted by Gasteiger charge is 2.21. The lowest BCUT2D eigenvalue weighted by molar-refractivity contribution is -0.118. The van der Waals surface area contributed by atoms with E-state index in [9.17, 15) is 9.59 Å². The molecule has 1 fully saturated rings. The SMILES string of the molecule is Cc1cccc(NC(=O)CSCC(=O)NCCN2CC(C)CC(C)C2)c1. The lowest BCUT2D eigenvalue weighted by Gasteiger charge is -2.34. The largest absolute Gasteiger partial charge is 0.354 e. The van der Waals surface area contributed by atoms with Crippen LogP contribution < -0.4 is 10.6 Å². The van der Waals surface area contributed by atoms with Gasteiger partial charge in [0.1, 0.15) is 0 Å². The molecule has 5 nitrogen and oxygen atoms in total. The Morgan fingerprint density at radius 2 is 1.85 bits per heavy atom. The molecule has 0 aliphatic carbocycles. The molecule has 0 saturated carbocycles. The Kier molecular flexibility index (Phi) is 8.45. The van der Waals surface area contributed by atoms with E-state index in [-0.39, 0.29) is 17.6 Å². The van der Waals surface area contributed by atoms with Crippen LogP contribution in [-0.2, 0) is 9.59 Å². The number of carbonyl (C=O) groups is 2. The number of benzene rings is 1. The third-order valence-electron chi connectivity index (χ3n) is 4.46. The smallest absolute Gasteiger partial charge is 0.234 e. The van der Waals surface area contributed by atoms with Crippen molar-refractivity contribution < 1.29 is 9.59 Å². The molecule has 1 heterocycles. The summed E-state index contributed by atoms with van der Waals surface area (Å²) < 4.78 is 0. The molecule has 2 unspecified atom stereocenters. The van der Waals surface area contributed by atoms with Gasteiger partial charge in [-0.25, -0.2) is 0 Å². The molecule has 6 heteroatoms. The Hall–Kier alpha value is -1.53. The van der Waals surface area contributed by atoms with E-state index >= 15 is 0 Å². The third-order valence-corrected chi connectivity index (χ3v) is 5.40. The van der Waals surface area contributed by atoms with E-state index in [4.69, 9.17) is 0 Å². The van der Waals surface area contributed by atoms with Crippen LogP contribution >= 0.6 is 11.8 Å². The Bertz CT molecular complexity index is 598. The van der Waals surface area contributed by atoms with Crippen LogP contribution in [-0.4, -0.2) is 54.4 Å². The summed E-state index contributed by atoms with van der Waals surface area (Å²) in [6, 6.07) is 7.69. The highest BCUT2D eigenvalue weighted by molar-refractivity contribution is 8.00. The van der Waals surface area contributed by atoms with Gasteiger partial charge in [0.15, 0.2) is 0 Å². The molecule has 2 N–H and O–H groups in total. The molecule has 1 aliphatic rings. The van der Waals surface area contributed by atoms with Gasteiger partial charge >= 0.3 is 0 Å². The summed E-state index contributed by atoms with van der Waals surface area (Å²) in [6.45, 7) is 10.4. The first-order valence-corrected chi connectivity index (χ1v) is 10.5. The number of likely N-dealkylation sites (tertiary alicyclic amines) is 1. The molecule has 2 amide bonds. The average molecular weight is 378 g/mol. The second-order valence-electron chi connectivity index (χ2n) is 7.47. The summed E-state index contributed by atoms with van der Waals surface area (Å²) in [7, 11) is 0. The highest BCUT2D eigenvalue weighted by atomic mass is 32.2. The molecule has 0 bridgehead atoms. The standard InChI is InChI=1S/C20H31N3O2S/c1-15-5-4-6-18(10-15)22-20(25)14-26-13-19(24)21-7-8-23-11-16(2)9-17(3)12-23/h4-6,10,16-17H,7-9,11-14H2,1-3H3,(H,21,24)(H,22,25). The summed E-state index contributed by atoms with van der Waals surface area (Å²) in [5.41, 5.74) is 1.90. The van der Waals surface area contributed by atoms with E-state index in [1.165, 1.54) is 18.2 Å². The minimum absolute atomic E-state index is 0.00328. The molecule has 0 spiro atoms. The number of thioether (sulfide) groups is 1. The zero-order chi connectivity index (χ0) is 18.9. The fraction of sp³-hybridized carbons (Fsp3) is 0.600. The molecule has 26 heavy (non-hydrogen) atoms. The topological polar surface area (TPSA) is 61.4 Å². The van der Waals surface area contributed by atoms with Crippen molar-refractivity contribution >= 4 is 29.3 Å². The fourth-order valence-electron chi connectivity index (χ4n) is 3.54. The molecule has 1 aliphatic heterocycles. The third kappa shape index (κ3) is 7.79. The Balaban J connectivity index is 1.56. The lowest BCUT2D eigenvalue weighted by atomic mass is 9.92. The molecule has 0 aromatic heterocycles. The van der Waals surface area contributed by atoms with Crippen molar-refractivity contribution in [3.8, 4) is 0 Å². The second kappa shape index (κ2) is 10.6. The summed E-state index contributed by atoms with van der Waals surface area (Å²) in [6.07, 6.45) is 1.30. The van der Waals surface area contributed by atoms with Gasteiger partial charge in [-0.2, -0.15) is 0 Å². The molecule has 2 rings (SSSR count). The number of anilines is 1. The maximum Gasteiger partial charge on any atom is 0.234 e. The maximum absolute atomic E-state index is 11.9. The number of piperidine rings is 1. The number of rotatable bonds is 8. The van der Waals surface area contributed by atoms with Crippen LogP contribution in [0.5, 0.6) is 0 Å². The van der Waals surface area contributed by atoms with Gasteiger partial charge in [0.25, 0.3) is 0 Å². The first kappa shape index (κ1) is 20.8. The first-order chi connectivity index (χ1) is 12.4. The van der Waals surface area contributed by atoms with Crippen LogP contribution in [0.25, 0.3) is 0 Å². The van der Waals surface area contributed by atoms with Crippen molar-refractivity contribution in [2.45, 2.75) is 27.2 Å². The molecule has 1 aromatic carbocycles. The Morgan fingerprint density at radius 1 is 1.15 bits per heavy atom. The van der Waals surface area contributed by atoms with E-state index in [1.807, 2.05) is 31.2 Å². The first-order valence-electron chi connectivity index (χ1n) is 9.35. The van der Waals surface area contributed by atoms with Crippen molar-refractivity contribution in [3.63, 3.8) is 0 Å². The minimum Gasteiger partial charge on any atom is -0.354 e. The van der Waals surface area contributed by atoms with Crippen LogP contribution in [0.15, 0.2) is 24.3 Å². The molecule has 0 radical (unpaired) electrons. The average Bonchev–Trinajstić information content (AvgIpc) is 2.54. The number of hydrogen-bond acceptors (Lipinski definition) is 4. The van der Waals surface area contributed by atoms with Crippen LogP contribution in [0.1, 0.15) is 25.8 Å². The van der Waals surface area contributed by atoms with Crippen molar-refractivity contribution in [1.29, 1.82) is 0 Å². The van der Waals surface area contributed by atoms with Gasteiger partial charge in [-0.1, -0.05) is 26.0 Å². The van der Waals surface area contributed by atoms with Crippen molar-refractivity contribution in [1.82, 2.24) is 10.2 Å². The number of nitrogens with one attached hydrogen (secondary N) is 2. The fourth-order valence-corrected chi connectivity index (χ4v) is 4.18. The number of amides is 2. The van der Waals surface area contributed by atoms with Crippen molar-refractivity contribution in [3.05, 3.63) is 29.8 Å². The maximum atomic E-state index is 11.9. The normalized spacial score (nSPS) is 20.6. The van der Waals surface area contributed by atoms with Gasteiger partial charge in [0, 0.05) is 31.9 Å². The lowest BCUT2D eigenvalue weighted by Crippen LogP contribution is -2.43. The number of hydrogen-bond donors (Lipinski definition) is 2. The number of carbonyl (C=O) groups excluding carboxylic acids is 2. The highest BCUT2D eigenvalue weighted by Crippen LogP contribution is 2.20. The molecule has 144 valence electrons. The molecule has 1 aromatic rings. The number of nitrogens with zero attached hydrogens (tertiary/aromatic N) is 1. The second-order valence-corrected chi connectivity index (χ2v) is 8.45. The Labute approximate surface area is 161 Å². The summed E-state index contributed by atoms with van der Waals surface area (Å²) >= 11 is 1.34. The predicted octanol–water partition coefficient (Wildman–Crippen LogP) is 2.76. The van der Waals surface area contributed by atoms with Crippen LogP contribution in [0.4, 0.5) is 5.69 Å². The van der Waals surface area contributed by atoms with E-state index in [0.717, 1.165) is 42.7 Å². The van der Waals surface area contributed by atoms with Gasteiger partial charge in [0.2, 0.25) is 11.8 Å². The number of aryl methyl sites for hydroxylation is 1. The van der Waals surface area contributed by atoms with Crippen LogP contribution in [0.2, 0.25) is 0 Å². The van der Waals surface area contributed by atoms with Gasteiger partial charge in [-0.05, 0) is 42.9 Å². The van der Waals surface area contributed by atoms with Gasteiger partial charge in [-0.15, -0.1) is 11.8 Å². The monoisotopic (exact) mass is 377 g/mol. The van der Waals surface area contributed by atoms with Crippen molar-refractivity contribution in [2.24, 2.45) is 11.8 Å². The summed E-state index contributed by atoms with van der Waals surface area (Å²) in [5, 5.41) is 5.81. The van der Waals surface area contributed by atoms with Crippen LogP contribution in [0, 0.1) is 18.8 Å².